The van der Waals surface area contributed by atoms with Crippen LogP contribution in [0.25, 0.3) is 0 Å². The quantitative estimate of drug-likeness (QED) is 0.808. The van der Waals surface area contributed by atoms with E-state index in [0.29, 0.717) is 13.0 Å². The van der Waals surface area contributed by atoms with Gasteiger partial charge in [-0.25, -0.2) is 4.79 Å². The molecule has 3 heterocycles. The van der Waals surface area contributed by atoms with Crippen LogP contribution in [0.15, 0.2) is 29.7 Å². The van der Waals surface area contributed by atoms with Crippen LogP contribution in [-0.2, 0) is 19.2 Å². The third-order valence-electron chi connectivity index (χ3n) is 4.03. The number of thioether (sulfide) groups is 1. The molecule has 0 unspecified atom stereocenters. The zero-order chi connectivity index (χ0) is 16.8. The Hall–Kier alpha value is -2.09. The molecule has 0 spiro atoms. The van der Waals surface area contributed by atoms with Crippen molar-refractivity contribution in [2.75, 3.05) is 19.6 Å². The SMILES string of the molecule is Cn1c(CCNC(=O)N2CCCC2)nnc1SCc1cccnc1. The highest BCUT2D eigenvalue weighted by Gasteiger charge is 2.17. The first kappa shape index (κ1) is 16.8. The van der Waals surface area contributed by atoms with E-state index in [1.165, 1.54) is 0 Å². The molecule has 8 heteroatoms. The van der Waals surface area contributed by atoms with Gasteiger partial charge in [-0.05, 0) is 24.5 Å². The van der Waals surface area contributed by atoms with E-state index < -0.39 is 0 Å². The van der Waals surface area contributed by atoms with Crippen LogP contribution in [0.1, 0.15) is 24.2 Å². The molecule has 1 saturated heterocycles. The van der Waals surface area contributed by atoms with Gasteiger partial charge in [0, 0.05) is 51.2 Å². The maximum Gasteiger partial charge on any atom is 0.317 e. The van der Waals surface area contributed by atoms with Gasteiger partial charge < -0.3 is 14.8 Å². The van der Waals surface area contributed by atoms with E-state index in [0.717, 1.165) is 48.2 Å². The molecule has 24 heavy (non-hydrogen) atoms. The number of aromatic nitrogens is 4. The molecule has 0 saturated carbocycles. The monoisotopic (exact) mass is 346 g/mol. The second kappa shape index (κ2) is 8.14. The second-order valence-electron chi connectivity index (χ2n) is 5.78. The van der Waals surface area contributed by atoms with Crippen LogP contribution in [0.5, 0.6) is 0 Å². The van der Waals surface area contributed by atoms with Crippen LogP contribution in [0.4, 0.5) is 4.79 Å². The standard InChI is InChI=1S/C16H22N6OS/c1-21-14(6-8-18-15(23)22-9-2-3-10-22)19-20-16(21)24-12-13-5-4-7-17-11-13/h4-5,7,11H,2-3,6,8-10,12H2,1H3,(H,18,23). The molecular weight excluding hydrogens is 324 g/mol. The molecule has 1 aliphatic heterocycles. The average Bonchev–Trinajstić information content (AvgIpc) is 3.25. The summed E-state index contributed by atoms with van der Waals surface area (Å²) >= 11 is 1.63. The minimum Gasteiger partial charge on any atom is -0.338 e. The number of carbonyl (C=O) groups excluding carboxylic acids is 1. The first-order valence-corrected chi connectivity index (χ1v) is 9.15. The first-order chi connectivity index (χ1) is 11.7. The molecule has 0 aromatic carbocycles. The van der Waals surface area contributed by atoms with Gasteiger partial charge in [0.2, 0.25) is 0 Å². The predicted octanol–water partition coefficient (Wildman–Crippen LogP) is 1.85. The summed E-state index contributed by atoms with van der Waals surface area (Å²) in [4.78, 5) is 17.9. The predicted molar refractivity (Wildman–Crippen MR) is 92.7 cm³/mol. The largest absolute Gasteiger partial charge is 0.338 e. The Morgan fingerprint density at radius 3 is 2.92 bits per heavy atom. The van der Waals surface area contributed by atoms with E-state index in [2.05, 4.69) is 20.5 Å². The summed E-state index contributed by atoms with van der Waals surface area (Å²) in [7, 11) is 1.96. The van der Waals surface area contributed by atoms with Crippen molar-refractivity contribution in [2.24, 2.45) is 7.05 Å². The molecule has 0 atom stereocenters. The van der Waals surface area contributed by atoms with Gasteiger partial charge in [-0.15, -0.1) is 10.2 Å². The van der Waals surface area contributed by atoms with Crippen LogP contribution < -0.4 is 5.32 Å². The fourth-order valence-corrected chi connectivity index (χ4v) is 3.50. The van der Waals surface area contributed by atoms with E-state index in [9.17, 15) is 4.79 Å². The number of amides is 2. The molecule has 128 valence electrons. The Labute approximate surface area is 145 Å². The number of hydrogen-bond acceptors (Lipinski definition) is 5. The smallest absolute Gasteiger partial charge is 0.317 e. The Morgan fingerprint density at radius 1 is 1.33 bits per heavy atom. The fraction of sp³-hybridized carbons (Fsp3) is 0.500. The van der Waals surface area contributed by atoms with Crippen molar-refractivity contribution in [1.82, 2.24) is 30.0 Å². The van der Waals surface area contributed by atoms with Crippen molar-refractivity contribution in [3.63, 3.8) is 0 Å². The van der Waals surface area contributed by atoms with Crippen LogP contribution in [-0.4, -0.2) is 50.3 Å². The molecule has 2 aromatic rings. The van der Waals surface area contributed by atoms with Gasteiger partial charge in [-0.2, -0.15) is 0 Å². The lowest BCUT2D eigenvalue weighted by Gasteiger charge is -2.15. The summed E-state index contributed by atoms with van der Waals surface area (Å²) < 4.78 is 1.99. The van der Waals surface area contributed by atoms with Crippen LogP contribution >= 0.6 is 11.8 Å². The van der Waals surface area contributed by atoms with Gasteiger partial charge in [0.25, 0.3) is 0 Å². The van der Waals surface area contributed by atoms with E-state index in [1.54, 1.807) is 18.0 Å². The maximum atomic E-state index is 11.9. The Bertz CT molecular complexity index is 668. The molecule has 2 amide bonds. The van der Waals surface area contributed by atoms with Gasteiger partial charge in [0.15, 0.2) is 5.16 Å². The Balaban J connectivity index is 1.46. The minimum atomic E-state index is 0.0286. The summed E-state index contributed by atoms with van der Waals surface area (Å²) in [6.45, 7) is 2.31. The topological polar surface area (TPSA) is 75.9 Å². The number of nitrogens with one attached hydrogen (secondary N) is 1. The normalized spacial score (nSPS) is 14.1. The summed E-state index contributed by atoms with van der Waals surface area (Å²) in [6, 6.07) is 4.01. The van der Waals surface area contributed by atoms with Gasteiger partial charge in [0.1, 0.15) is 5.82 Å². The molecule has 1 fully saturated rings. The molecule has 2 aromatic heterocycles. The Morgan fingerprint density at radius 2 is 2.17 bits per heavy atom. The molecule has 7 nitrogen and oxygen atoms in total. The number of rotatable bonds is 6. The van der Waals surface area contributed by atoms with Crippen LogP contribution in [0.2, 0.25) is 0 Å². The lowest BCUT2D eigenvalue weighted by atomic mass is 10.3. The summed E-state index contributed by atoms with van der Waals surface area (Å²) in [5, 5.41) is 12.3. The van der Waals surface area contributed by atoms with E-state index in [4.69, 9.17) is 0 Å². The van der Waals surface area contributed by atoms with Crippen LogP contribution in [0.3, 0.4) is 0 Å². The summed E-state index contributed by atoms with van der Waals surface area (Å²) in [5.41, 5.74) is 1.16. The van der Waals surface area contributed by atoms with Crippen LogP contribution in [0, 0.1) is 0 Å². The van der Waals surface area contributed by atoms with Crippen molar-refractivity contribution in [3.05, 3.63) is 35.9 Å². The number of carbonyl (C=O) groups is 1. The van der Waals surface area contributed by atoms with Crippen molar-refractivity contribution in [2.45, 2.75) is 30.2 Å². The molecule has 1 aliphatic rings. The zero-order valence-corrected chi connectivity index (χ0v) is 14.6. The minimum absolute atomic E-state index is 0.0286. The number of urea groups is 1. The van der Waals surface area contributed by atoms with E-state index >= 15 is 0 Å². The van der Waals surface area contributed by atoms with E-state index in [1.807, 2.05) is 34.8 Å². The Kier molecular flexibility index (Phi) is 5.68. The summed E-state index contributed by atoms with van der Waals surface area (Å²) in [5.74, 6) is 1.69. The number of pyridine rings is 1. The highest BCUT2D eigenvalue weighted by molar-refractivity contribution is 7.98. The molecule has 0 radical (unpaired) electrons. The number of hydrogen-bond donors (Lipinski definition) is 1. The molecule has 0 bridgehead atoms. The average molecular weight is 346 g/mol. The fourth-order valence-electron chi connectivity index (χ4n) is 2.63. The molecule has 3 rings (SSSR count). The van der Waals surface area contributed by atoms with E-state index in [-0.39, 0.29) is 6.03 Å². The molecular formula is C16H22N6OS. The summed E-state index contributed by atoms with van der Waals surface area (Å²) in [6.07, 6.45) is 6.52. The van der Waals surface area contributed by atoms with Gasteiger partial charge in [-0.3, -0.25) is 4.98 Å². The number of nitrogens with zero attached hydrogens (tertiary/aromatic N) is 5. The van der Waals surface area contributed by atoms with Crippen molar-refractivity contribution >= 4 is 17.8 Å². The third-order valence-corrected chi connectivity index (χ3v) is 5.13. The molecule has 0 aliphatic carbocycles. The highest BCUT2D eigenvalue weighted by Crippen LogP contribution is 2.20. The first-order valence-electron chi connectivity index (χ1n) is 8.17. The van der Waals surface area contributed by atoms with Crippen molar-refractivity contribution in [3.8, 4) is 0 Å². The van der Waals surface area contributed by atoms with Gasteiger partial charge in [0.05, 0.1) is 0 Å². The van der Waals surface area contributed by atoms with Gasteiger partial charge >= 0.3 is 6.03 Å². The third kappa shape index (κ3) is 4.25. The lowest BCUT2D eigenvalue weighted by Crippen LogP contribution is -2.39. The van der Waals surface area contributed by atoms with Crippen molar-refractivity contribution < 1.29 is 4.79 Å². The maximum absolute atomic E-state index is 11.9. The van der Waals surface area contributed by atoms with Gasteiger partial charge in [-0.1, -0.05) is 17.8 Å². The number of likely N-dealkylation sites (tertiary alicyclic amines) is 1. The zero-order valence-electron chi connectivity index (χ0n) is 13.8. The lowest BCUT2D eigenvalue weighted by molar-refractivity contribution is 0.209. The van der Waals surface area contributed by atoms with Crippen molar-refractivity contribution in [1.29, 1.82) is 0 Å². The second-order valence-corrected chi connectivity index (χ2v) is 6.73. The highest BCUT2D eigenvalue weighted by atomic mass is 32.2. The molecule has 1 N–H and O–H groups in total.